The molecule has 0 atom stereocenters. The Bertz CT molecular complexity index is 584. The summed E-state index contributed by atoms with van der Waals surface area (Å²) < 4.78 is 5.94. The van der Waals surface area contributed by atoms with Crippen LogP contribution in [0.25, 0.3) is 6.08 Å². The predicted octanol–water partition coefficient (Wildman–Crippen LogP) is 2.90. The Labute approximate surface area is 144 Å². The van der Waals surface area contributed by atoms with E-state index in [4.69, 9.17) is 4.74 Å². The van der Waals surface area contributed by atoms with Crippen molar-refractivity contribution in [2.45, 2.75) is 6.92 Å². The first-order valence-electron chi connectivity index (χ1n) is 7.49. The molecule has 0 radical (unpaired) electrons. The highest BCUT2D eigenvalue weighted by Gasteiger charge is 2.24. The highest BCUT2D eigenvalue weighted by Crippen LogP contribution is 2.12. The van der Waals surface area contributed by atoms with Gasteiger partial charge in [-0.25, -0.2) is 9.59 Å². The van der Waals surface area contributed by atoms with Crippen molar-refractivity contribution in [3.8, 4) is 0 Å². The molecule has 1 aliphatic rings. The SMILES string of the molecule is CCOC(=O)N1CCN(C(=O)N/C=C/c2cccc(Br)c2)CC1. The molecular weight excluding hydrogens is 362 g/mol. The molecule has 1 aliphatic heterocycles. The van der Waals surface area contributed by atoms with Gasteiger partial charge in [-0.15, -0.1) is 0 Å². The van der Waals surface area contributed by atoms with Gasteiger partial charge in [0.25, 0.3) is 0 Å². The van der Waals surface area contributed by atoms with Crippen LogP contribution in [0.3, 0.4) is 0 Å². The largest absolute Gasteiger partial charge is 0.450 e. The summed E-state index contributed by atoms with van der Waals surface area (Å²) >= 11 is 3.40. The van der Waals surface area contributed by atoms with Crippen molar-refractivity contribution in [1.82, 2.24) is 15.1 Å². The van der Waals surface area contributed by atoms with Gasteiger partial charge in [-0.3, -0.25) is 0 Å². The third-order valence-electron chi connectivity index (χ3n) is 3.42. The molecule has 0 aromatic heterocycles. The lowest BCUT2D eigenvalue weighted by Crippen LogP contribution is -2.52. The van der Waals surface area contributed by atoms with E-state index in [0.29, 0.717) is 32.8 Å². The number of amides is 3. The number of piperazine rings is 1. The number of carbonyl (C=O) groups excluding carboxylic acids is 2. The second-order valence-electron chi connectivity index (χ2n) is 5.01. The molecule has 0 bridgehead atoms. The molecule has 23 heavy (non-hydrogen) atoms. The second-order valence-corrected chi connectivity index (χ2v) is 5.93. The number of halogens is 1. The molecular formula is C16H20BrN3O3. The van der Waals surface area contributed by atoms with Gasteiger partial charge in [-0.1, -0.05) is 28.1 Å². The van der Waals surface area contributed by atoms with Crippen LogP contribution in [0, 0.1) is 0 Å². The summed E-state index contributed by atoms with van der Waals surface area (Å²) in [5.74, 6) is 0. The first-order chi connectivity index (χ1) is 11.1. The molecule has 6 nitrogen and oxygen atoms in total. The molecule has 3 amide bonds. The maximum atomic E-state index is 12.1. The molecule has 7 heteroatoms. The highest BCUT2D eigenvalue weighted by molar-refractivity contribution is 9.10. The second kappa shape index (κ2) is 8.57. The van der Waals surface area contributed by atoms with E-state index in [1.54, 1.807) is 22.9 Å². The molecule has 2 rings (SSSR count). The molecule has 1 fully saturated rings. The molecule has 1 aromatic carbocycles. The molecule has 0 spiro atoms. The zero-order valence-electron chi connectivity index (χ0n) is 13.0. The van der Waals surface area contributed by atoms with E-state index in [9.17, 15) is 9.59 Å². The average Bonchev–Trinajstić information content (AvgIpc) is 2.55. The van der Waals surface area contributed by atoms with Crippen molar-refractivity contribution in [2.24, 2.45) is 0 Å². The van der Waals surface area contributed by atoms with Crippen molar-refractivity contribution in [3.05, 3.63) is 40.5 Å². The van der Waals surface area contributed by atoms with E-state index in [1.807, 2.05) is 30.3 Å². The van der Waals surface area contributed by atoms with Gasteiger partial charge >= 0.3 is 12.1 Å². The van der Waals surface area contributed by atoms with E-state index < -0.39 is 0 Å². The Morgan fingerprint density at radius 3 is 2.61 bits per heavy atom. The van der Waals surface area contributed by atoms with Crippen molar-refractivity contribution >= 4 is 34.1 Å². The monoisotopic (exact) mass is 381 g/mol. The van der Waals surface area contributed by atoms with Gasteiger partial charge in [0, 0.05) is 36.9 Å². The van der Waals surface area contributed by atoms with Crippen LogP contribution in [0.5, 0.6) is 0 Å². The number of nitrogens with one attached hydrogen (secondary N) is 1. The van der Waals surface area contributed by atoms with Crippen LogP contribution in [0.15, 0.2) is 34.9 Å². The van der Waals surface area contributed by atoms with Crippen LogP contribution >= 0.6 is 15.9 Å². The fraction of sp³-hybridized carbons (Fsp3) is 0.375. The Kier molecular flexibility index (Phi) is 6.46. The molecule has 1 N–H and O–H groups in total. The summed E-state index contributed by atoms with van der Waals surface area (Å²) in [5, 5.41) is 2.75. The Balaban J connectivity index is 1.78. The van der Waals surface area contributed by atoms with Gasteiger partial charge in [-0.2, -0.15) is 0 Å². The zero-order valence-corrected chi connectivity index (χ0v) is 14.6. The van der Waals surface area contributed by atoms with Crippen LogP contribution in [0.4, 0.5) is 9.59 Å². The third-order valence-corrected chi connectivity index (χ3v) is 3.92. The summed E-state index contributed by atoms with van der Waals surface area (Å²) in [7, 11) is 0. The zero-order chi connectivity index (χ0) is 16.7. The summed E-state index contributed by atoms with van der Waals surface area (Å²) in [6.07, 6.45) is 3.14. The van der Waals surface area contributed by atoms with Crippen LogP contribution < -0.4 is 5.32 Å². The van der Waals surface area contributed by atoms with Crippen LogP contribution in [-0.4, -0.2) is 54.7 Å². The summed E-state index contributed by atoms with van der Waals surface area (Å²) in [6.45, 7) is 4.10. The number of benzene rings is 1. The lowest BCUT2D eigenvalue weighted by atomic mass is 10.2. The van der Waals surface area contributed by atoms with Gasteiger partial charge in [0.1, 0.15) is 0 Å². The van der Waals surface area contributed by atoms with Crippen molar-refractivity contribution in [2.75, 3.05) is 32.8 Å². The van der Waals surface area contributed by atoms with E-state index in [2.05, 4.69) is 21.2 Å². The first-order valence-corrected chi connectivity index (χ1v) is 8.28. The fourth-order valence-corrected chi connectivity index (χ4v) is 2.63. The van der Waals surface area contributed by atoms with Crippen molar-refractivity contribution in [3.63, 3.8) is 0 Å². The van der Waals surface area contributed by atoms with Crippen molar-refractivity contribution < 1.29 is 14.3 Å². The van der Waals surface area contributed by atoms with Crippen molar-refractivity contribution in [1.29, 1.82) is 0 Å². The topological polar surface area (TPSA) is 61.9 Å². The molecule has 0 unspecified atom stereocenters. The molecule has 1 saturated heterocycles. The molecule has 124 valence electrons. The molecule has 0 aliphatic carbocycles. The number of ether oxygens (including phenoxy) is 1. The van der Waals surface area contributed by atoms with E-state index in [0.717, 1.165) is 10.0 Å². The molecule has 1 heterocycles. The first kappa shape index (κ1) is 17.3. The van der Waals surface area contributed by atoms with Gasteiger partial charge < -0.3 is 19.9 Å². The lowest BCUT2D eigenvalue weighted by Gasteiger charge is -2.33. The summed E-state index contributed by atoms with van der Waals surface area (Å²) in [6, 6.07) is 7.62. The smallest absolute Gasteiger partial charge is 0.409 e. The van der Waals surface area contributed by atoms with Gasteiger partial charge in [0.2, 0.25) is 0 Å². The maximum Gasteiger partial charge on any atom is 0.409 e. The fourth-order valence-electron chi connectivity index (χ4n) is 2.22. The molecule has 1 aromatic rings. The van der Waals surface area contributed by atoms with Crippen LogP contribution in [-0.2, 0) is 4.74 Å². The summed E-state index contributed by atoms with van der Waals surface area (Å²) in [4.78, 5) is 27.0. The van der Waals surface area contributed by atoms with Gasteiger partial charge in [0.15, 0.2) is 0 Å². The van der Waals surface area contributed by atoms with E-state index in [-0.39, 0.29) is 12.1 Å². The lowest BCUT2D eigenvalue weighted by molar-refractivity contribution is 0.0856. The number of rotatable bonds is 3. The standard InChI is InChI=1S/C16H20BrN3O3/c1-2-23-16(22)20-10-8-19(9-11-20)15(21)18-7-6-13-4-3-5-14(17)12-13/h3-7,12H,2,8-11H2,1H3,(H,18,21)/b7-6+. The van der Waals surface area contributed by atoms with Gasteiger partial charge in [0.05, 0.1) is 6.61 Å². The predicted molar refractivity (Wildman–Crippen MR) is 91.9 cm³/mol. The minimum atomic E-state index is -0.317. The minimum absolute atomic E-state index is 0.167. The summed E-state index contributed by atoms with van der Waals surface area (Å²) in [5.41, 5.74) is 0.992. The average molecular weight is 382 g/mol. The number of nitrogens with zero attached hydrogens (tertiary/aromatic N) is 2. The number of hydrogen-bond donors (Lipinski definition) is 1. The molecule has 0 saturated carbocycles. The Morgan fingerprint density at radius 1 is 1.26 bits per heavy atom. The number of urea groups is 1. The van der Waals surface area contributed by atoms with Crippen LogP contribution in [0.1, 0.15) is 12.5 Å². The number of carbonyl (C=O) groups is 2. The van der Waals surface area contributed by atoms with Gasteiger partial charge in [-0.05, 0) is 30.7 Å². The highest BCUT2D eigenvalue weighted by atomic mass is 79.9. The Hall–Kier alpha value is -2.02. The Morgan fingerprint density at radius 2 is 1.96 bits per heavy atom. The van der Waals surface area contributed by atoms with E-state index >= 15 is 0 Å². The van der Waals surface area contributed by atoms with E-state index in [1.165, 1.54) is 0 Å². The minimum Gasteiger partial charge on any atom is -0.450 e. The van der Waals surface area contributed by atoms with Crippen LogP contribution in [0.2, 0.25) is 0 Å². The number of hydrogen-bond acceptors (Lipinski definition) is 3. The third kappa shape index (κ3) is 5.28. The maximum absolute atomic E-state index is 12.1. The quantitative estimate of drug-likeness (QED) is 0.875. The normalized spacial score (nSPS) is 14.9.